The molecule has 2 heterocycles. The van der Waals surface area contributed by atoms with Gasteiger partial charge in [-0.05, 0) is 25.0 Å². The number of ether oxygens (including phenoxy) is 2. The van der Waals surface area contributed by atoms with Crippen LogP contribution in [0.2, 0.25) is 0 Å². The zero-order valence-electron chi connectivity index (χ0n) is 12.3. The first kappa shape index (κ1) is 15.1. The Morgan fingerprint density at radius 3 is 2.57 bits per heavy atom. The molecular weight excluding hydrogens is 272 g/mol. The Balaban J connectivity index is 2.05. The average molecular weight is 292 g/mol. The Morgan fingerprint density at radius 1 is 1.10 bits per heavy atom. The van der Waals surface area contributed by atoms with E-state index < -0.39 is 0 Å². The van der Waals surface area contributed by atoms with Gasteiger partial charge in [-0.1, -0.05) is 13.8 Å². The average Bonchev–Trinajstić information content (AvgIpc) is 3.02. The molecule has 7 heteroatoms. The number of rotatable bonds is 9. The van der Waals surface area contributed by atoms with E-state index in [1.165, 1.54) is 0 Å². The van der Waals surface area contributed by atoms with Crippen molar-refractivity contribution in [2.24, 2.45) is 0 Å². The third-order valence-corrected chi connectivity index (χ3v) is 2.49. The molecule has 2 rings (SSSR count). The summed E-state index contributed by atoms with van der Waals surface area (Å²) in [6.45, 7) is 5.67. The van der Waals surface area contributed by atoms with Crippen LogP contribution in [0.25, 0.3) is 0 Å². The van der Waals surface area contributed by atoms with Crippen molar-refractivity contribution in [1.29, 1.82) is 0 Å². The summed E-state index contributed by atoms with van der Waals surface area (Å²) in [6.07, 6.45) is 3.45. The number of furan rings is 1. The minimum Gasteiger partial charge on any atom is -0.466 e. The first-order chi connectivity index (χ1) is 10.3. The van der Waals surface area contributed by atoms with Crippen LogP contribution in [0.4, 0.5) is 5.95 Å². The van der Waals surface area contributed by atoms with Gasteiger partial charge in [-0.2, -0.15) is 9.97 Å². The normalized spacial score (nSPS) is 10.4. The van der Waals surface area contributed by atoms with Gasteiger partial charge in [-0.25, -0.2) is 0 Å². The largest absolute Gasteiger partial charge is 0.466 e. The second-order valence-electron chi connectivity index (χ2n) is 4.37. The molecule has 2 aromatic heterocycles. The maximum atomic E-state index is 5.52. The van der Waals surface area contributed by atoms with E-state index in [-0.39, 0.29) is 18.6 Å². The fourth-order valence-electron chi connectivity index (χ4n) is 1.51. The predicted molar refractivity (Wildman–Crippen MR) is 77.4 cm³/mol. The summed E-state index contributed by atoms with van der Waals surface area (Å²) in [5.41, 5.74) is 0. The fraction of sp³-hybridized carbons (Fsp3) is 0.500. The second kappa shape index (κ2) is 8.08. The van der Waals surface area contributed by atoms with Gasteiger partial charge >= 0.3 is 12.0 Å². The first-order valence-corrected chi connectivity index (χ1v) is 7.09. The minimum absolute atomic E-state index is 0.214. The molecule has 0 fully saturated rings. The molecule has 0 atom stereocenters. The van der Waals surface area contributed by atoms with E-state index in [9.17, 15) is 0 Å². The second-order valence-corrected chi connectivity index (χ2v) is 4.37. The molecule has 0 saturated carbocycles. The van der Waals surface area contributed by atoms with E-state index >= 15 is 0 Å². The molecule has 0 spiro atoms. The van der Waals surface area contributed by atoms with Crippen LogP contribution < -0.4 is 14.8 Å². The van der Waals surface area contributed by atoms with Crippen LogP contribution in [0.3, 0.4) is 0 Å². The van der Waals surface area contributed by atoms with Crippen LogP contribution in [0.5, 0.6) is 12.0 Å². The lowest BCUT2D eigenvalue weighted by Gasteiger charge is -2.09. The minimum atomic E-state index is 0.214. The van der Waals surface area contributed by atoms with E-state index in [4.69, 9.17) is 13.9 Å². The molecule has 0 saturated heterocycles. The Hall–Kier alpha value is -2.31. The Kier molecular flexibility index (Phi) is 5.81. The van der Waals surface area contributed by atoms with Crippen molar-refractivity contribution in [3.63, 3.8) is 0 Å². The molecule has 0 amide bonds. The molecule has 0 aromatic carbocycles. The van der Waals surface area contributed by atoms with E-state index in [1.807, 2.05) is 13.0 Å². The quantitative estimate of drug-likeness (QED) is 0.760. The topological polar surface area (TPSA) is 82.3 Å². The molecule has 114 valence electrons. The number of hydrogen-bond donors (Lipinski definition) is 1. The van der Waals surface area contributed by atoms with Gasteiger partial charge in [0.1, 0.15) is 12.4 Å². The maximum Gasteiger partial charge on any atom is 0.324 e. The molecule has 1 N–H and O–H groups in total. The van der Waals surface area contributed by atoms with Crippen LogP contribution >= 0.6 is 0 Å². The first-order valence-electron chi connectivity index (χ1n) is 7.09. The zero-order valence-corrected chi connectivity index (χ0v) is 12.3. The van der Waals surface area contributed by atoms with E-state index in [2.05, 4.69) is 27.2 Å². The lowest BCUT2D eigenvalue weighted by atomic mass is 10.5. The number of aromatic nitrogens is 3. The predicted octanol–water partition coefficient (Wildman–Crippen LogP) is 2.65. The monoisotopic (exact) mass is 292 g/mol. The van der Waals surface area contributed by atoms with Crippen molar-refractivity contribution in [1.82, 2.24) is 15.0 Å². The maximum absolute atomic E-state index is 5.52. The molecule has 2 aromatic rings. The van der Waals surface area contributed by atoms with Crippen molar-refractivity contribution >= 4 is 5.95 Å². The number of nitrogens with zero attached hydrogens (tertiary/aromatic N) is 3. The van der Waals surface area contributed by atoms with Crippen molar-refractivity contribution in [2.75, 3.05) is 18.5 Å². The molecule has 0 unspecified atom stereocenters. The van der Waals surface area contributed by atoms with Crippen LogP contribution in [0.15, 0.2) is 22.8 Å². The van der Waals surface area contributed by atoms with Crippen molar-refractivity contribution < 1.29 is 13.9 Å². The highest BCUT2D eigenvalue weighted by Crippen LogP contribution is 2.15. The van der Waals surface area contributed by atoms with E-state index in [1.54, 1.807) is 12.3 Å². The van der Waals surface area contributed by atoms with Gasteiger partial charge in [-0.3, -0.25) is 0 Å². The Labute approximate surface area is 123 Å². The summed E-state index contributed by atoms with van der Waals surface area (Å²) in [5, 5.41) is 3.10. The standard InChI is InChI=1S/C14H20N4O3/c1-3-7-15-12-16-13(20-8-4-2)18-14(17-12)21-10-11-6-5-9-19-11/h5-6,9H,3-4,7-8,10H2,1-2H3,(H,15,16,17,18). The van der Waals surface area contributed by atoms with Crippen molar-refractivity contribution in [3.05, 3.63) is 24.2 Å². The van der Waals surface area contributed by atoms with E-state index in [0.29, 0.717) is 18.3 Å². The summed E-state index contributed by atoms with van der Waals surface area (Å²) in [5.74, 6) is 1.15. The third kappa shape index (κ3) is 4.94. The van der Waals surface area contributed by atoms with Crippen molar-refractivity contribution in [3.8, 4) is 12.0 Å². The summed E-state index contributed by atoms with van der Waals surface area (Å²) in [4.78, 5) is 12.5. The van der Waals surface area contributed by atoms with E-state index in [0.717, 1.165) is 19.4 Å². The number of hydrogen-bond acceptors (Lipinski definition) is 7. The SMILES string of the molecule is CCCNc1nc(OCCC)nc(OCc2ccco2)n1. The van der Waals surface area contributed by atoms with Gasteiger partial charge in [0, 0.05) is 6.54 Å². The molecule has 0 bridgehead atoms. The fourth-order valence-corrected chi connectivity index (χ4v) is 1.51. The molecule has 0 aliphatic rings. The highest BCUT2D eigenvalue weighted by molar-refractivity contribution is 5.27. The van der Waals surface area contributed by atoms with Crippen LogP contribution in [-0.4, -0.2) is 28.1 Å². The number of anilines is 1. The third-order valence-electron chi connectivity index (χ3n) is 2.49. The van der Waals surface area contributed by atoms with Crippen LogP contribution in [-0.2, 0) is 6.61 Å². The van der Waals surface area contributed by atoms with Gasteiger partial charge in [0.05, 0.1) is 12.9 Å². The highest BCUT2D eigenvalue weighted by atomic mass is 16.5. The summed E-state index contributed by atoms with van der Waals surface area (Å²) in [6, 6.07) is 4.10. The van der Waals surface area contributed by atoms with Gasteiger partial charge in [0.15, 0.2) is 0 Å². The van der Waals surface area contributed by atoms with Crippen LogP contribution in [0.1, 0.15) is 32.4 Å². The smallest absolute Gasteiger partial charge is 0.324 e. The molecule has 0 aliphatic carbocycles. The lowest BCUT2D eigenvalue weighted by molar-refractivity contribution is 0.236. The number of nitrogens with one attached hydrogen (secondary N) is 1. The summed E-state index contributed by atoms with van der Waals surface area (Å²) in [7, 11) is 0. The van der Waals surface area contributed by atoms with Crippen LogP contribution in [0, 0.1) is 0 Å². The summed E-state index contributed by atoms with van der Waals surface area (Å²) < 4.78 is 16.2. The Morgan fingerprint density at radius 2 is 1.90 bits per heavy atom. The van der Waals surface area contributed by atoms with Gasteiger partial charge in [0.2, 0.25) is 5.95 Å². The highest BCUT2D eigenvalue weighted by Gasteiger charge is 2.09. The van der Waals surface area contributed by atoms with Crippen molar-refractivity contribution in [2.45, 2.75) is 33.3 Å². The molecule has 0 radical (unpaired) electrons. The Bertz CT molecular complexity index is 505. The summed E-state index contributed by atoms with van der Waals surface area (Å²) >= 11 is 0. The van der Waals surface area contributed by atoms with Gasteiger partial charge in [0.25, 0.3) is 0 Å². The zero-order chi connectivity index (χ0) is 14.9. The lowest BCUT2D eigenvalue weighted by Crippen LogP contribution is -2.10. The molecule has 7 nitrogen and oxygen atoms in total. The van der Waals surface area contributed by atoms with Gasteiger partial charge in [-0.15, -0.1) is 4.98 Å². The molecular formula is C14H20N4O3. The molecule has 21 heavy (non-hydrogen) atoms. The van der Waals surface area contributed by atoms with Gasteiger partial charge < -0.3 is 19.2 Å². The molecule has 0 aliphatic heterocycles.